The first-order valence-electron chi connectivity index (χ1n) is 16.4. The molecule has 3 fully saturated rings. The van der Waals surface area contributed by atoms with Crippen LogP contribution in [-0.4, -0.2) is 63.3 Å². The van der Waals surface area contributed by atoms with E-state index in [2.05, 4.69) is 27.1 Å². The third-order valence-corrected chi connectivity index (χ3v) is 10.6. The average Bonchev–Trinajstić information content (AvgIpc) is 3.48. The second-order valence-corrected chi connectivity index (χ2v) is 13.4. The Kier molecular flexibility index (Phi) is 7.98. The largest absolute Gasteiger partial charge is 0.508 e. The normalized spacial score (nSPS) is 20.8. The maximum atomic E-state index is 16.8. The number of rotatable bonds is 7. The zero-order chi connectivity index (χ0) is 31.3. The molecule has 238 valence electrons. The number of pyridine rings is 1. The second-order valence-electron chi connectivity index (χ2n) is 13.4. The fourth-order valence-electron chi connectivity index (χ4n) is 8.10. The van der Waals surface area contributed by atoms with Gasteiger partial charge in [0.1, 0.15) is 35.2 Å². The van der Waals surface area contributed by atoms with Gasteiger partial charge in [0, 0.05) is 5.56 Å². The molecule has 2 aromatic heterocycles. The molecular formula is C35H42F2N6O2. The van der Waals surface area contributed by atoms with Crippen LogP contribution < -0.4 is 15.8 Å². The number of ether oxygens (including phenoxy) is 1. The molecule has 3 saturated heterocycles. The maximum Gasteiger partial charge on any atom is 0.319 e. The second kappa shape index (κ2) is 11.9. The van der Waals surface area contributed by atoms with Crippen LogP contribution >= 0.6 is 0 Å². The van der Waals surface area contributed by atoms with E-state index in [1.165, 1.54) is 12.1 Å². The van der Waals surface area contributed by atoms with Gasteiger partial charge in [-0.1, -0.05) is 19.4 Å². The Labute approximate surface area is 262 Å². The van der Waals surface area contributed by atoms with Crippen LogP contribution in [0, 0.1) is 30.4 Å². The molecule has 2 unspecified atom stereocenters. The van der Waals surface area contributed by atoms with Crippen molar-refractivity contribution in [2.75, 3.05) is 38.5 Å². The predicted molar refractivity (Wildman–Crippen MR) is 172 cm³/mol. The first-order chi connectivity index (χ1) is 21.7. The molecule has 7 rings (SSSR count). The number of aromatic hydroxyl groups is 1. The zero-order valence-corrected chi connectivity index (χ0v) is 26.1. The van der Waals surface area contributed by atoms with Gasteiger partial charge in [0.15, 0.2) is 5.82 Å². The lowest BCUT2D eigenvalue weighted by Gasteiger charge is -2.31. The number of phenols is 1. The molecule has 0 spiro atoms. The van der Waals surface area contributed by atoms with E-state index in [9.17, 15) is 9.50 Å². The van der Waals surface area contributed by atoms with Gasteiger partial charge in [-0.05, 0) is 124 Å². The highest BCUT2D eigenvalue weighted by atomic mass is 19.1. The van der Waals surface area contributed by atoms with Gasteiger partial charge in [0.05, 0.1) is 16.6 Å². The monoisotopic (exact) mass is 616 g/mol. The summed E-state index contributed by atoms with van der Waals surface area (Å²) in [7, 11) is 0. The highest BCUT2D eigenvalue weighted by Gasteiger charge is 2.45. The quantitative estimate of drug-likeness (QED) is 0.222. The third kappa shape index (κ3) is 5.46. The predicted octanol–water partition coefficient (Wildman–Crippen LogP) is 6.29. The molecule has 4 aromatic rings. The Morgan fingerprint density at radius 1 is 1.09 bits per heavy atom. The SMILES string of the molecule is Cc1c(F)ccc2cc(O)cc(-c3nc(CC(C)C4CCCCNC4)c4c(N)nc(OCC56CCCN5CCC6)nc4c3F)c12. The standard InChI is InChI=1S/C35H42F2N6O2/c1-20(23-7-3-4-12-39-18-23)15-27-29-32(41-34(42-33(29)38)45-19-35-10-5-13-43(35)14-6-11-35)30(37)31(40-27)25-17-24(44)16-22-8-9-26(36)21(2)28(22)25/h8-9,16-17,20,23,39,44H,3-7,10-15,18-19H2,1-2H3,(H2,38,41,42). The molecule has 0 bridgehead atoms. The van der Waals surface area contributed by atoms with Gasteiger partial charge < -0.3 is 20.9 Å². The topological polar surface area (TPSA) is 109 Å². The number of nitrogens with one attached hydrogen (secondary N) is 1. The summed E-state index contributed by atoms with van der Waals surface area (Å²) < 4.78 is 37.9. The number of fused-ring (bicyclic) bond motifs is 3. The molecule has 0 radical (unpaired) electrons. The van der Waals surface area contributed by atoms with Crippen LogP contribution in [0.3, 0.4) is 0 Å². The lowest BCUT2D eigenvalue weighted by molar-refractivity contribution is 0.108. The van der Waals surface area contributed by atoms with Crippen LogP contribution in [0.5, 0.6) is 11.8 Å². The van der Waals surface area contributed by atoms with Gasteiger partial charge in [0.25, 0.3) is 0 Å². The number of nitrogen functional groups attached to an aromatic ring is 1. The average molecular weight is 617 g/mol. The van der Waals surface area contributed by atoms with E-state index in [1.807, 2.05) is 0 Å². The van der Waals surface area contributed by atoms with E-state index in [1.54, 1.807) is 19.1 Å². The summed E-state index contributed by atoms with van der Waals surface area (Å²) in [5.74, 6) is -0.416. The van der Waals surface area contributed by atoms with E-state index < -0.39 is 11.6 Å². The summed E-state index contributed by atoms with van der Waals surface area (Å²) in [5, 5.41) is 15.7. The molecule has 2 aromatic carbocycles. The highest BCUT2D eigenvalue weighted by Crippen LogP contribution is 2.41. The number of aryl methyl sites for hydroxylation is 1. The fourth-order valence-corrected chi connectivity index (χ4v) is 8.10. The summed E-state index contributed by atoms with van der Waals surface area (Å²) in [4.78, 5) is 16.5. The minimum absolute atomic E-state index is 0.00121. The maximum absolute atomic E-state index is 16.8. The van der Waals surface area contributed by atoms with Crippen LogP contribution in [0.15, 0.2) is 24.3 Å². The molecule has 3 aliphatic rings. The van der Waals surface area contributed by atoms with Crippen molar-refractivity contribution >= 4 is 27.5 Å². The molecule has 0 saturated carbocycles. The van der Waals surface area contributed by atoms with E-state index in [0.29, 0.717) is 51.9 Å². The Morgan fingerprint density at radius 3 is 2.69 bits per heavy atom. The summed E-state index contributed by atoms with van der Waals surface area (Å²) >= 11 is 0. The van der Waals surface area contributed by atoms with Gasteiger partial charge in [-0.25, -0.2) is 13.8 Å². The van der Waals surface area contributed by atoms with E-state index in [-0.39, 0.29) is 40.2 Å². The van der Waals surface area contributed by atoms with Crippen LogP contribution in [0.4, 0.5) is 14.6 Å². The molecule has 2 atom stereocenters. The molecule has 10 heteroatoms. The molecular weight excluding hydrogens is 574 g/mol. The van der Waals surface area contributed by atoms with Gasteiger partial charge >= 0.3 is 6.01 Å². The Balaban J connectivity index is 1.37. The summed E-state index contributed by atoms with van der Waals surface area (Å²) in [6.45, 7) is 8.30. The lowest BCUT2D eigenvalue weighted by Crippen LogP contribution is -2.43. The van der Waals surface area contributed by atoms with Crippen molar-refractivity contribution in [3.8, 4) is 23.0 Å². The van der Waals surface area contributed by atoms with E-state index in [4.69, 9.17) is 15.5 Å². The number of nitrogens with two attached hydrogens (primary N) is 1. The van der Waals surface area contributed by atoms with Crippen molar-refractivity contribution in [3.05, 3.63) is 47.2 Å². The molecule has 0 amide bonds. The number of halogens is 2. The minimum Gasteiger partial charge on any atom is -0.508 e. The molecule has 3 aliphatic heterocycles. The molecule has 5 heterocycles. The number of phenolic OH excluding ortho intramolecular Hbond substituents is 1. The van der Waals surface area contributed by atoms with Crippen molar-refractivity contribution in [2.45, 2.75) is 70.8 Å². The van der Waals surface area contributed by atoms with Crippen molar-refractivity contribution in [3.63, 3.8) is 0 Å². The molecule has 0 aliphatic carbocycles. The Bertz CT molecular complexity index is 1750. The van der Waals surface area contributed by atoms with Gasteiger partial charge in [0.2, 0.25) is 0 Å². The smallest absolute Gasteiger partial charge is 0.319 e. The van der Waals surface area contributed by atoms with Gasteiger partial charge in [-0.2, -0.15) is 9.97 Å². The van der Waals surface area contributed by atoms with Crippen molar-refractivity contribution in [2.24, 2.45) is 11.8 Å². The van der Waals surface area contributed by atoms with Crippen molar-refractivity contribution in [1.29, 1.82) is 0 Å². The minimum atomic E-state index is -0.700. The number of benzene rings is 2. The van der Waals surface area contributed by atoms with Crippen molar-refractivity contribution in [1.82, 2.24) is 25.2 Å². The van der Waals surface area contributed by atoms with E-state index >= 15 is 4.39 Å². The van der Waals surface area contributed by atoms with E-state index in [0.717, 1.165) is 71.1 Å². The zero-order valence-electron chi connectivity index (χ0n) is 26.1. The number of anilines is 1. The fraction of sp³-hybridized carbons (Fsp3) is 0.514. The van der Waals surface area contributed by atoms with Gasteiger partial charge in [-0.15, -0.1) is 0 Å². The number of aromatic nitrogens is 3. The van der Waals surface area contributed by atoms with Crippen LogP contribution in [0.1, 0.15) is 63.1 Å². The number of hydrogen-bond donors (Lipinski definition) is 3. The molecule has 45 heavy (non-hydrogen) atoms. The summed E-state index contributed by atoms with van der Waals surface area (Å²) in [6.07, 6.45) is 8.29. The highest BCUT2D eigenvalue weighted by molar-refractivity contribution is 6.02. The van der Waals surface area contributed by atoms with Crippen LogP contribution in [0.25, 0.3) is 32.9 Å². The Hall–Kier alpha value is -3.63. The molecule has 8 nitrogen and oxygen atoms in total. The first kappa shape index (κ1) is 30.0. The summed E-state index contributed by atoms with van der Waals surface area (Å²) in [5.41, 5.74) is 7.83. The van der Waals surface area contributed by atoms with Crippen molar-refractivity contribution < 1.29 is 18.6 Å². The number of hydrogen-bond acceptors (Lipinski definition) is 8. The van der Waals surface area contributed by atoms with Crippen LogP contribution in [0.2, 0.25) is 0 Å². The number of nitrogens with zero attached hydrogens (tertiary/aromatic N) is 4. The molecule has 4 N–H and O–H groups in total. The lowest BCUT2D eigenvalue weighted by atomic mass is 9.85. The third-order valence-electron chi connectivity index (χ3n) is 10.6. The van der Waals surface area contributed by atoms with Gasteiger partial charge in [-0.3, -0.25) is 4.90 Å². The first-order valence-corrected chi connectivity index (χ1v) is 16.4. The summed E-state index contributed by atoms with van der Waals surface area (Å²) in [6, 6.07) is 5.98. The van der Waals surface area contributed by atoms with Crippen LogP contribution in [-0.2, 0) is 6.42 Å². The Morgan fingerprint density at radius 2 is 1.89 bits per heavy atom.